The van der Waals surface area contributed by atoms with E-state index in [9.17, 15) is 0 Å². The summed E-state index contributed by atoms with van der Waals surface area (Å²) in [6, 6.07) is 0.748. The first-order valence-electron chi connectivity index (χ1n) is 5.76. The molecule has 1 aliphatic rings. The van der Waals surface area contributed by atoms with E-state index in [0.29, 0.717) is 10.5 Å². The number of halogens is 1. The summed E-state index contributed by atoms with van der Waals surface area (Å²) in [4.78, 5) is 7.78. The third-order valence-electron chi connectivity index (χ3n) is 3.16. The highest BCUT2D eigenvalue weighted by molar-refractivity contribution is 7.15. The number of likely N-dealkylation sites (tertiary alicyclic amines) is 1. The number of hydrogen-bond donors (Lipinski definition) is 1. The monoisotopic (exact) mass is 259 g/mol. The summed E-state index contributed by atoms with van der Waals surface area (Å²) < 4.78 is 0.629. The first-order valence-corrected chi connectivity index (χ1v) is 6.96. The van der Waals surface area contributed by atoms with Crippen LogP contribution in [-0.4, -0.2) is 28.5 Å². The van der Waals surface area contributed by atoms with E-state index in [1.807, 2.05) is 6.20 Å². The van der Waals surface area contributed by atoms with Crippen molar-refractivity contribution in [1.29, 1.82) is 0 Å². The number of hydrogen-bond acceptors (Lipinski definition) is 4. The lowest BCUT2D eigenvalue weighted by Crippen LogP contribution is -2.48. The van der Waals surface area contributed by atoms with Crippen molar-refractivity contribution in [1.82, 2.24) is 9.88 Å². The molecule has 2 unspecified atom stereocenters. The molecule has 0 saturated carbocycles. The summed E-state index contributed by atoms with van der Waals surface area (Å²) in [5.41, 5.74) is 6.04. The van der Waals surface area contributed by atoms with E-state index in [2.05, 4.69) is 16.8 Å². The average Bonchev–Trinajstić information content (AvgIpc) is 2.64. The van der Waals surface area contributed by atoms with Gasteiger partial charge in [-0.3, -0.25) is 4.90 Å². The second kappa shape index (κ2) is 5.45. The zero-order valence-electron chi connectivity index (χ0n) is 9.53. The zero-order valence-corrected chi connectivity index (χ0v) is 11.1. The van der Waals surface area contributed by atoms with Crippen molar-refractivity contribution < 1.29 is 0 Å². The van der Waals surface area contributed by atoms with Crippen molar-refractivity contribution in [2.24, 2.45) is 5.73 Å². The van der Waals surface area contributed by atoms with Crippen LogP contribution in [0.5, 0.6) is 0 Å². The van der Waals surface area contributed by atoms with Crippen molar-refractivity contribution >= 4 is 22.9 Å². The molecule has 0 radical (unpaired) electrons. The van der Waals surface area contributed by atoms with E-state index in [1.165, 1.54) is 24.1 Å². The van der Waals surface area contributed by atoms with Gasteiger partial charge in [-0.15, -0.1) is 11.3 Å². The van der Waals surface area contributed by atoms with Crippen molar-refractivity contribution in [2.75, 3.05) is 6.54 Å². The Bertz CT molecular complexity index is 340. The van der Waals surface area contributed by atoms with Crippen LogP contribution >= 0.6 is 22.9 Å². The molecule has 2 rings (SSSR count). The maximum absolute atomic E-state index is 6.04. The van der Waals surface area contributed by atoms with E-state index < -0.39 is 0 Å². The normalized spacial score (nSPS) is 24.6. The molecule has 2 atom stereocenters. The molecule has 1 saturated heterocycles. The first-order chi connectivity index (χ1) is 7.66. The topological polar surface area (TPSA) is 42.1 Å². The molecule has 5 heteroatoms. The lowest BCUT2D eigenvalue weighted by atomic mass is 9.97. The van der Waals surface area contributed by atoms with Crippen LogP contribution in [-0.2, 0) is 6.54 Å². The Balaban J connectivity index is 2.01. The molecule has 1 aromatic rings. The molecule has 1 fully saturated rings. The Morgan fingerprint density at radius 2 is 2.50 bits per heavy atom. The van der Waals surface area contributed by atoms with Gasteiger partial charge >= 0.3 is 0 Å². The maximum Gasteiger partial charge on any atom is 0.183 e. The Labute approximate surface area is 106 Å². The Morgan fingerprint density at radius 3 is 3.12 bits per heavy atom. The number of piperidine rings is 1. The SMILES string of the molecule is CC(N)C1CCCCN1Cc1cnc(Cl)s1. The highest BCUT2D eigenvalue weighted by Crippen LogP contribution is 2.24. The second-order valence-corrected chi connectivity index (χ2v) is 6.17. The van der Waals surface area contributed by atoms with E-state index in [1.54, 1.807) is 11.3 Å². The van der Waals surface area contributed by atoms with Crippen molar-refractivity contribution in [2.45, 2.75) is 44.8 Å². The summed E-state index contributed by atoms with van der Waals surface area (Å²) in [6.07, 6.45) is 5.66. The van der Waals surface area contributed by atoms with Gasteiger partial charge in [0.2, 0.25) is 0 Å². The van der Waals surface area contributed by atoms with Crippen LogP contribution in [0.15, 0.2) is 6.20 Å². The molecule has 0 amide bonds. The first kappa shape index (κ1) is 12.3. The number of rotatable bonds is 3. The number of nitrogens with zero attached hydrogens (tertiary/aromatic N) is 2. The van der Waals surface area contributed by atoms with Gasteiger partial charge in [-0.05, 0) is 26.3 Å². The molecular formula is C11H18ClN3S. The summed E-state index contributed by atoms with van der Waals surface area (Å²) in [6.45, 7) is 4.18. The third kappa shape index (κ3) is 2.94. The Hall–Kier alpha value is -0.160. The molecule has 3 nitrogen and oxygen atoms in total. The van der Waals surface area contributed by atoms with Crippen LogP contribution in [0.1, 0.15) is 31.1 Å². The van der Waals surface area contributed by atoms with Gasteiger partial charge in [-0.1, -0.05) is 18.0 Å². The molecule has 90 valence electrons. The third-order valence-corrected chi connectivity index (χ3v) is 4.26. The summed E-state index contributed by atoms with van der Waals surface area (Å²) in [5.74, 6) is 0. The molecule has 0 spiro atoms. The standard InChI is InChI=1S/C11H18ClN3S/c1-8(13)10-4-2-3-5-15(10)7-9-6-14-11(12)16-9/h6,8,10H,2-5,7,13H2,1H3. The minimum absolute atomic E-state index is 0.240. The number of nitrogens with two attached hydrogens (primary N) is 1. The van der Waals surface area contributed by atoms with Gasteiger partial charge in [0.15, 0.2) is 4.47 Å². The van der Waals surface area contributed by atoms with E-state index in [4.69, 9.17) is 17.3 Å². The minimum atomic E-state index is 0.240. The van der Waals surface area contributed by atoms with Crippen LogP contribution in [0.2, 0.25) is 4.47 Å². The van der Waals surface area contributed by atoms with Gasteiger partial charge in [0.25, 0.3) is 0 Å². The molecule has 16 heavy (non-hydrogen) atoms. The average molecular weight is 260 g/mol. The van der Waals surface area contributed by atoms with Crippen molar-refractivity contribution in [3.8, 4) is 0 Å². The van der Waals surface area contributed by atoms with Crippen molar-refractivity contribution in [3.63, 3.8) is 0 Å². The fourth-order valence-corrected chi connectivity index (χ4v) is 3.37. The van der Waals surface area contributed by atoms with Crippen LogP contribution in [0.25, 0.3) is 0 Å². The lowest BCUT2D eigenvalue weighted by Gasteiger charge is -2.37. The number of thiazole rings is 1. The van der Waals surface area contributed by atoms with Gasteiger partial charge in [0.05, 0.1) is 0 Å². The molecule has 1 aromatic heterocycles. The van der Waals surface area contributed by atoms with Crippen LogP contribution < -0.4 is 5.73 Å². The highest BCUT2D eigenvalue weighted by Gasteiger charge is 2.25. The predicted octanol–water partition coefficient (Wildman–Crippen LogP) is 2.50. The van der Waals surface area contributed by atoms with Gasteiger partial charge in [0, 0.05) is 29.7 Å². The highest BCUT2D eigenvalue weighted by atomic mass is 35.5. The second-order valence-electron chi connectivity index (χ2n) is 4.47. The van der Waals surface area contributed by atoms with Gasteiger partial charge < -0.3 is 5.73 Å². The Morgan fingerprint density at radius 1 is 1.69 bits per heavy atom. The smallest absolute Gasteiger partial charge is 0.183 e. The van der Waals surface area contributed by atoms with Crippen LogP contribution in [0.3, 0.4) is 0 Å². The quantitative estimate of drug-likeness (QED) is 0.907. The van der Waals surface area contributed by atoms with Crippen LogP contribution in [0.4, 0.5) is 0 Å². The largest absolute Gasteiger partial charge is 0.327 e. The van der Waals surface area contributed by atoms with Crippen LogP contribution in [0, 0.1) is 0 Å². The van der Waals surface area contributed by atoms with E-state index in [0.717, 1.165) is 13.1 Å². The lowest BCUT2D eigenvalue weighted by molar-refractivity contribution is 0.124. The molecule has 2 N–H and O–H groups in total. The van der Waals surface area contributed by atoms with Gasteiger partial charge in [-0.2, -0.15) is 0 Å². The molecule has 0 aromatic carbocycles. The number of aromatic nitrogens is 1. The predicted molar refractivity (Wildman–Crippen MR) is 68.8 cm³/mol. The fourth-order valence-electron chi connectivity index (χ4n) is 2.37. The minimum Gasteiger partial charge on any atom is -0.327 e. The maximum atomic E-state index is 6.04. The van der Waals surface area contributed by atoms with E-state index in [-0.39, 0.29) is 6.04 Å². The molecule has 0 aliphatic carbocycles. The molecule has 2 heterocycles. The summed E-state index contributed by atoms with van der Waals surface area (Å²) in [7, 11) is 0. The summed E-state index contributed by atoms with van der Waals surface area (Å²) in [5, 5.41) is 0. The molecule has 0 bridgehead atoms. The molecular weight excluding hydrogens is 242 g/mol. The van der Waals surface area contributed by atoms with Gasteiger partial charge in [-0.25, -0.2) is 4.98 Å². The zero-order chi connectivity index (χ0) is 11.5. The Kier molecular flexibility index (Phi) is 4.19. The summed E-state index contributed by atoms with van der Waals surface area (Å²) >= 11 is 7.41. The molecule has 1 aliphatic heterocycles. The fraction of sp³-hybridized carbons (Fsp3) is 0.727. The van der Waals surface area contributed by atoms with Gasteiger partial charge in [0.1, 0.15) is 0 Å². The van der Waals surface area contributed by atoms with E-state index >= 15 is 0 Å². The van der Waals surface area contributed by atoms with Crippen molar-refractivity contribution in [3.05, 3.63) is 15.5 Å².